The van der Waals surface area contributed by atoms with Gasteiger partial charge in [0.15, 0.2) is 0 Å². The summed E-state index contributed by atoms with van der Waals surface area (Å²) in [5.41, 5.74) is 0.939. The van der Waals surface area contributed by atoms with Crippen LogP contribution in [0.5, 0.6) is 5.75 Å². The van der Waals surface area contributed by atoms with E-state index in [4.69, 9.17) is 9.47 Å². The van der Waals surface area contributed by atoms with Crippen molar-refractivity contribution in [3.05, 3.63) is 33.9 Å². The summed E-state index contributed by atoms with van der Waals surface area (Å²) in [6.07, 6.45) is 1.76. The second-order valence-corrected chi connectivity index (χ2v) is 6.13. The first kappa shape index (κ1) is 15.3. The van der Waals surface area contributed by atoms with Gasteiger partial charge in [-0.2, -0.15) is 0 Å². The fourth-order valence-electron chi connectivity index (χ4n) is 2.10. The second-order valence-electron chi connectivity index (χ2n) is 4.95. The van der Waals surface area contributed by atoms with Crippen LogP contribution in [0.3, 0.4) is 0 Å². The molecule has 0 saturated heterocycles. The van der Waals surface area contributed by atoms with Crippen molar-refractivity contribution in [3.8, 4) is 5.75 Å². The molecular formula is C14H18BrNO4. The number of hydrogen-bond acceptors (Lipinski definition) is 4. The Morgan fingerprint density at radius 2 is 2.25 bits per heavy atom. The van der Waals surface area contributed by atoms with Crippen molar-refractivity contribution in [2.45, 2.75) is 43.7 Å². The average Bonchev–Trinajstić information content (AvgIpc) is 2.40. The van der Waals surface area contributed by atoms with Crippen LogP contribution in [-0.2, 0) is 4.74 Å². The number of benzene rings is 1. The summed E-state index contributed by atoms with van der Waals surface area (Å²) < 4.78 is 11.6. The van der Waals surface area contributed by atoms with Crippen molar-refractivity contribution < 1.29 is 14.4 Å². The van der Waals surface area contributed by atoms with Gasteiger partial charge in [0.25, 0.3) is 5.69 Å². The van der Waals surface area contributed by atoms with Crippen LogP contribution in [0.15, 0.2) is 18.2 Å². The molecule has 3 unspecified atom stereocenters. The van der Waals surface area contributed by atoms with Crippen LogP contribution in [0.1, 0.15) is 25.3 Å². The Balaban J connectivity index is 2.06. The Kier molecular flexibility index (Phi) is 4.99. The van der Waals surface area contributed by atoms with Gasteiger partial charge in [0.1, 0.15) is 18.0 Å². The summed E-state index contributed by atoms with van der Waals surface area (Å²) in [5, 5.41) is 10.8. The second kappa shape index (κ2) is 6.54. The van der Waals surface area contributed by atoms with Gasteiger partial charge in [-0.05, 0) is 25.0 Å². The molecule has 0 aromatic heterocycles. The van der Waals surface area contributed by atoms with E-state index in [9.17, 15) is 10.1 Å². The third kappa shape index (κ3) is 3.30. The number of hydrogen-bond donors (Lipinski definition) is 0. The van der Waals surface area contributed by atoms with E-state index in [1.807, 2.05) is 6.92 Å². The van der Waals surface area contributed by atoms with Crippen molar-refractivity contribution in [3.63, 3.8) is 0 Å². The number of ether oxygens (including phenoxy) is 2. The molecule has 110 valence electrons. The van der Waals surface area contributed by atoms with Crippen molar-refractivity contribution in [2.24, 2.45) is 0 Å². The normalized spacial score (nSPS) is 25.1. The third-order valence-electron chi connectivity index (χ3n) is 3.36. The zero-order valence-corrected chi connectivity index (χ0v) is 13.1. The molecule has 1 aliphatic carbocycles. The number of non-ortho nitro benzene ring substituents is 1. The molecule has 0 heterocycles. The largest absolute Gasteiger partial charge is 0.487 e. The predicted octanol–water partition coefficient (Wildman–Crippen LogP) is 3.61. The maximum atomic E-state index is 10.8. The topological polar surface area (TPSA) is 61.6 Å². The van der Waals surface area contributed by atoms with E-state index < -0.39 is 4.92 Å². The molecule has 0 aliphatic heterocycles. The van der Waals surface area contributed by atoms with Crippen LogP contribution >= 0.6 is 15.9 Å². The SMILES string of the molecule is CCCOC1C(Br)CC1Oc1cc([N+](=O)[O-])ccc1C. The summed E-state index contributed by atoms with van der Waals surface area (Å²) in [5.74, 6) is 0.564. The summed E-state index contributed by atoms with van der Waals surface area (Å²) in [6, 6.07) is 4.68. The lowest BCUT2D eigenvalue weighted by atomic mass is 9.91. The van der Waals surface area contributed by atoms with Gasteiger partial charge in [-0.3, -0.25) is 10.1 Å². The fourth-order valence-corrected chi connectivity index (χ4v) is 2.96. The van der Waals surface area contributed by atoms with Crippen LogP contribution in [0.2, 0.25) is 0 Å². The minimum atomic E-state index is -0.411. The number of alkyl halides is 1. The number of nitro benzene ring substituents is 1. The van der Waals surface area contributed by atoms with Crippen molar-refractivity contribution in [1.82, 2.24) is 0 Å². The lowest BCUT2D eigenvalue weighted by Gasteiger charge is -2.41. The van der Waals surface area contributed by atoms with Gasteiger partial charge in [-0.1, -0.05) is 22.9 Å². The molecule has 6 heteroatoms. The number of nitro groups is 1. The summed E-state index contributed by atoms with van der Waals surface area (Å²) in [6.45, 7) is 4.63. The number of halogens is 1. The Hall–Kier alpha value is -1.14. The van der Waals surface area contributed by atoms with Gasteiger partial charge in [0.05, 0.1) is 11.0 Å². The first-order valence-electron chi connectivity index (χ1n) is 6.70. The van der Waals surface area contributed by atoms with Crippen LogP contribution < -0.4 is 4.74 Å². The smallest absolute Gasteiger partial charge is 0.273 e. The lowest BCUT2D eigenvalue weighted by Crippen LogP contribution is -2.52. The molecule has 1 aromatic carbocycles. The number of rotatable bonds is 6. The highest BCUT2D eigenvalue weighted by molar-refractivity contribution is 9.09. The van der Waals surface area contributed by atoms with Gasteiger partial charge < -0.3 is 9.47 Å². The highest BCUT2D eigenvalue weighted by Gasteiger charge is 2.42. The summed E-state index contributed by atoms with van der Waals surface area (Å²) in [7, 11) is 0. The van der Waals surface area contributed by atoms with Gasteiger partial charge in [0.2, 0.25) is 0 Å². The van der Waals surface area contributed by atoms with Crippen LogP contribution in [0.25, 0.3) is 0 Å². The van der Waals surface area contributed by atoms with Gasteiger partial charge >= 0.3 is 0 Å². The molecule has 5 nitrogen and oxygen atoms in total. The molecule has 0 N–H and O–H groups in total. The highest BCUT2D eigenvalue weighted by Crippen LogP contribution is 2.36. The first-order chi connectivity index (χ1) is 9.52. The summed E-state index contributed by atoms with van der Waals surface area (Å²) >= 11 is 3.55. The van der Waals surface area contributed by atoms with E-state index in [0.29, 0.717) is 12.4 Å². The van der Waals surface area contributed by atoms with Crippen molar-refractivity contribution in [2.75, 3.05) is 6.61 Å². The molecule has 0 amide bonds. The van der Waals surface area contributed by atoms with E-state index >= 15 is 0 Å². The van der Waals surface area contributed by atoms with E-state index in [1.165, 1.54) is 12.1 Å². The Labute approximate surface area is 126 Å². The van der Waals surface area contributed by atoms with Gasteiger partial charge in [0, 0.05) is 23.9 Å². The Bertz CT molecular complexity index is 494. The zero-order valence-electron chi connectivity index (χ0n) is 11.5. The molecule has 0 bridgehead atoms. The Morgan fingerprint density at radius 3 is 2.85 bits per heavy atom. The maximum Gasteiger partial charge on any atom is 0.273 e. The summed E-state index contributed by atoms with van der Waals surface area (Å²) in [4.78, 5) is 10.7. The average molecular weight is 344 g/mol. The Morgan fingerprint density at radius 1 is 1.50 bits per heavy atom. The van der Waals surface area contributed by atoms with Gasteiger partial charge in [-0.25, -0.2) is 0 Å². The van der Waals surface area contributed by atoms with Crippen LogP contribution in [-0.4, -0.2) is 28.6 Å². The van der Waals surface area contributed by atoms with Gasteiger partial charge in [-0.15, -0.1) is 0 Å². The molecule has 3 atom stereocenters. The molecule has 1 fully saturated rings. The van der Waals surface area contributed by atoms with E-state index in [2.05, 4.69) is 22.9 Å². The van der Waals surface area contributed by atoms with Crippen LogP contribution in [0, 0.1) is 17.0 Å². The zero-order chi connectivity index (χ0) is 14.7. The van der Waals surface area contributed by atoms with E-state index in [-0.39, 0.29) is 22.7 Å². The molecule has 1 aliphatic rings. The first-order valence-corrected chi connectivity index (χ1v) is 7.62. The van der Waals surface area contributed by atoms with E-state index in [1.54, 1.807) is 6.07 Å². The molecule has 0 spiro atoms. The number of nitrogens with zero attached hydrogens (tertiary/aromatic N) is 1. The van der Waals surface area contributed by atoms with Crippen LogP contribution in [0.4, 0.5) is 5.69 Å². The lowest BCUT2D eigenvalue weighted by molar-refractivity contribution is -0.385. The standard InChI is InChI=1S/C14H18BrNO4/c1-3-6-19-14-11(15)8-13(14)20-12-7-10(16(17)18)5-4-9(12)2/h4-5,7,11,13-14H,3,6,8H2,1-2H3. The molecule has 20 heavy (non-hydrogen) atoms. The van der Waals surface area contributed by atoms with Crippen molar-refractivity contribution >= 4 is 21.6 Å². The third-order valence-corrected chi connectivity index (χ3v) is 4.25. The maximum absolute atomic E-state index is 10.8. The van der Waals surface area contributed by atoms with Crippen molar-refractivity contribution in [1.29, 1.82) is 0 Å². The molecule has 1 aromatic rings. The van der Waals surface area contributed by atoms with E-state index in [0.717, 1.165) is 18.4 Å². The monoisotopic (exact) mass is 343 g/mol. The number of aryl methyl sites for hydroxylation is 1. The fraction of sp³-hybridized carbons (Fsp3) is 0.571. The minimum absolute atomic E-state index is 0.00797. The molecular weight excluding hydrogens is 326 g/mol. The predicted molar refractivity (Wildman–Crippen MR) is 79.6 cm³/mol. The quantitative estimate of drug-likeness (QED) is 0.449. The molecule has 0 radical (unpaired) electrons. The highest BCUT2D eigenvalue weighted by atomic mass is 79.9. The molecule has 1 saturated carbocycles. The minimum Gasteiger partial charge on any atom is -0.487 e. The molecule has 2 rings (SSSR count).